The van der Waals surface area contributed by atoms with E-state index in [0.29, 0.717) is 56.1 Å². The molecule has 0 bridgehead atoms. The van der Waals surface area contributed by atoms with Gasteiger partial charge in [-0.05, 0) is 183 Å². The molecule has 3 aliphatic rings. The first-order chi connectivity index (χ1) is 37.4. The van der Waals surface area contributed by atoms with Crippen LogP contribution in [0.2, 0.25) is 30.1 Å². The van der Waals surface area contributed by atoms with Crippen LogP contribution in [0.4, 0.5) is 0 Å². The number of likely N-dealkylation sites (N-methyl/N-ethyl adjacent to an activating group) is 3. The topological polar surface area (TPSA) is 188 Å². The first kappa shape index (κ1) is 63.5. The molecule has 3 heterocycles. The quantitative estimate of drug-likeness (QED) is 0.0533. The second-order valence-electron chi connectivity index (χ2n) is 20.0. The summed E-state index contributed by atoms with van der Waals surface area (Å²) in [5.74, 6) is -0.0117. The highest BCUT2D eigenvalue weighted by atomic mass is 35.7. The van der Waals surface area contributed by atoms with Crippen LogP contribution >= 0.6 is 80.3 Å². The third-order valence-corrected chi connectivity index (χ3v) is 20.0. The number of nitrogens with two attached hydrogens (primary N) is 2. The number of nitrogens with zero attached hydrogens (tertiary/aromatic N) is 3. The third kappa shape index (κ3) is 16.6. The molecule has 9 rings (SSSR count). The SMILES string of the molecule is CN1Cc2c(Cl)cc(Cl)cc2C(c2ccc(S(=O)(=O)NCCCCNS(=O)(=O)c3ccc(C4CN(C)Cc5c(Cl)cc(Cl)cc54)cc3)cc2)C1.CN1Cc2c(Cl)cc(Cl)cc2C(c2cccc(S(=O)(=O)Cl)c2)C1.NCCCCN. The Kier molecular flexibility index (Phi) is 22.5. The summed E-state index contributed by atoms with van der Waals surface area (Å²) in [6, 6.07) is 31.4. The van der Waals surface area contributed by atoms with Gasteiger partial charge in [0, 0.05) is 111 Å². The third-order valence-electron chi connectivity index (χ3n) is 14.1. The summed E-state index contributed by atoms with van der Waals surface area (Å²) in [6.45, 7) is 6.30. The van der Waals surface area contributed by atoms with Gasteiger partial charge in [0.25, 0.3) is 9.05 Å². The smallest absolute Gasteiger partial charge is 0.261 e. The van der Waals surface area contributed by atoms with Crippen molar-refractivity contribution in [3.05, 3.63) is 189 Å². The lowest BCUT2D eigenvalue weighted by Crippen LogP contribution is -2.31. The zero-order valence-corrected chi connectivity index (χ0v) is 51.6. The standard InChI is InChI=1S/C36H38Cl4N4O4S2.C16H14Cl3NO2S.C4H12N2/c1-43-19-31(29-15-25(37)17-35(39)33(29)21-43)23-5-9-27(10-6-23)49(45,46)41-13-3-4-14-42-50(47,48)28-11-7-24(8-12-28)32-20-44(2)22-34-30(32)16-26(38)18-36(34)40;1-20-8-14(10-3-2-4-12(5-10)23(19,21)22)13-6-11(17)7-16(18)15(13)9-20;5-3-1-2-4-6/h5-12,15-18,31-32,41-42H,3-4,13-14,19-22H2,1-2H3;2-7,14H,8-9H2,1H3;1-6H2. The molecule has 6 N–H and O–H groups in total. The maximum atomic E-state index is 13.0. The molecule has 0 radical (unpaired) electrons. The summed E-state index contributed by atoms with van der Waals surface area (Å²) in [4.78, 5) is 6.92. The molecule has 0 aliphatic carbocycles. The number of rotatable bonds is 16. The van der Waals surface area contributed by atoms with E-state index in [1.54, 1.807) is 54.6 Å². The van der Waals surface area contributed by atoms with Crippen LogP contribution in [-0.4, -0.2) is 107 Å². The Bertz CT molecular complexity index is 3300. The average molecular weight is 1280 g/mol. The number of hydrogen-bond acceptors (Lipinski definition) is 11. The van der Waals surface area contributed by atoms with Gasteiger partial charge in [0.05, 0.1) is 14.7 Å². The van der Waals surface area contributed by atoms with Gasteiger partial charge in [0.15, 0.2) is 0 Å². The second-order valence-corrected chi connectivity index (χ2v) is 28.7. The highest BCUT2D eigenvalue weighted by Crippen LogP contribution is 2.42. The number of fused-ring (bicyclic) bond motifs is 3. The van der Waals surface area contributed by atoms with Gasteiger partial charge in [0.1, 0.15) is 0 Å². The Hall–Kier alpha value is -3.08. The summed E-state index contributed by atoms with van der Waals surface area (Å²) in [5.41, 5.74) is 19.3. The van der Waals surface area contributed by atoms with E-state index in [1.807, 2.05) is 69.7 Å². The van der Waals surface area contributed by atoms with E-state index in [2.05, 4.69) is 24.1 Å². The molecule has 426 valence electrons. The van der Waals surface area contributed by atoms with Crippen LogP contribution in [0.1, 0.15) is 93.5 Å². The minimum atomic E-state index is -3.76. The van der Waals surface area contributed by atoms with Gasteiger partial charge in [0.2, 0.25) is 20.0 Å². The molecule has 0 amide bonds. The maximum Gasteiger partial charge on any atom is 0.261 e. The molecule has 23 heteroatoms. The minimum absolute atomic E-state index is 0.00187. The van der Waals surface area contributed by atoms with E-state index in [0.717, 1.165) is 102 Å². The molecule has 0 saturated carbocycles. The number of nitrogens with one attached hydrogen (secondary N) is 2. The van der Waals surface area contributed by atoms with Gasteiger partial charge in [-0.2, -0.15) is 0 Å². The van der Waals surface area contributed by atoms with Crippen molar-refractivity contribution in [2.75, 3.05) is 67.0 Å². The van der Waals surface area contributed by atoms with Crippen molar-refractivity contribution in [2.24, 2.45) is 11.5 Å². The Morgan fingerprint density at radius 2 is 0.797 bits per heavy atom. The molecular weight excluding hydrogens is 1210 g/mol. The normalized spacial score (nSPS) is 17.8. The molecule has 3 aliphatic heterocycles. The fourth-order valence-electron chi connectivity index (χ4n) is 10.2. The zero-order chi connectivity index (χ0) is 57.4. The van der Waals surface area contributed by atoms with Crippen LogP contribution in [0.3, 0.4) is 0 Å². The fourth-order valence-corrected chi connectivity index (χ4v) is 14.8. The van der Waals surface area contributed by atoms with Crippen LogP contribution in [-0.2, 0) is 48.7 Å². The molecule has 0 saturated heterocycles. The lowest BCUT2D eigenvalue weighted by Gasteiger charge is -2.33. The largest absolute Gasteiger partial charge is 0.330 e. The Morgan fingerprint density at radius 1 is 0.456 bits per heavy atom. The maximum absolute atomic E-state index is 13.0. The lowest BCUT2D eigenvalue weighted by molar-refractivity contribution is 0.295. The molecule has 0 spiro atoms. The Morgan fingerprint density at radius 3 is 1.13 bits per heavy atom. The van der Waals surface area contributed by atoms with Crippen molar-refractivity contribution in [3.8, 4) is 0 Å². The lowest BCUT2D eigenvalue weighted by atomic mass is 9.85. The van der Waals surface area contributed by atoms with Gasteiger partial charge in [-0.1, -0.05) is 106 Å². The highest BCUT2D eigenvalue weighted by Gasteiger charge is 2.31. The van der Waals surface area contributed by atoms with Gasteiger partial charge < -0.3 is 26.2 Å². The van der Waals surface area contributed by atoms with E-state index in [1.165, 1.54) is 6.07 Å². The first-order valence-electron chi connectivity index (χ1n) is 25.5. The van der Waals surface area contributed by atoms with E-state index < -0.39 is 29.1 Å². The minimum Gasteiger partial charge on any atom is -0.330 e. The van der Waals surface area contributed by atoms with Crippen molar-refractivity contribution in [1.82, 2.24) is 24.1 Å². The van der Waals surface area contributed by atoms with Gasteiger partial charge >= 0.3 is 0 Å². The van der Waals surface area contributed by atoms with E-state index >= 15 is 0 Å². The first-order valence-corrected chi connectivity index (χ1v) is 33.1. The Labute approximate surface area is 500 Å². The van der Waals surface area contributed by atoms with Crippen molar-refractivity contribution in [1.29, 1.82) is 0 Å². The number of sulfonamides is 2. The van der Waals surface area contributed by atoms with Crippen LogP contribution in [0.5, 0.6) is 0 Å². The predicted octanol–water partition coefficient (Wildman–Crippen LogP) is 11.7. The van der Waals surface area contributed by atoms with Crippen LogP contribution in [0.25, 0.3) is 0 Å². The molecular formula is C56H64Cl7N7O6S3. The number of halogens is 7. The van der Waals surface area contributed by atoms with E-state index in [-0.39, 0.29) is 45.5 Å². The van der Waals surface area contributed by atoms with Crippen molar-refractivity contribution in [2.45, 2.75) is 77.8 Å². The molecule has 79 heavy (non-hydrogen) atoms. The highest BCUT2D eigenvalue weighted by molar-refractivity contribution is 8.13. The van der Waals surface area contributed by atoms with E-state index in [4.69, 9.17) is 91.8 Å². The van der Waals surface area contributed by atoms with E-state index in [9.17, 15) is 25.3 Å². The number of benzene rings is 6. The molecule has 3 atom stereocenters. The van der Waals surface area contributed by atoms with Crippen molar-refractivity contribution < 1.29 is 25.3 Å². The van der Waals surface area contributed by atoms with Gasteiger partial charge in [-0.25, -0.2) is 34.7 Å². The zero-order valence-electron chi connectivity index (χ0n) is 43.8. The van der Waals surface area contributed by atoms with Crippen LogP contribution in [0.15, 0.2) is 124 Å². The van der Waals surface area contributed by atoms with Gasteiger partial charge in [-0.15, -0.1) is 0 Å². The second kappa shape index (κ2) is 28.0. The van der Waals surface area contributed by atoms with Crippen LogP contribution in [0, 0.1) is 0 Å². The predicted molar refractivity (Wildman–Crippen MR) is 323 cm³/mol. The number of hydrogen-bond donors (Lipinski definition) is 4. The summed E-state index contributed by atoms with van der Waals surface area (Å²) < 4.78 is 80.5. The summed E-state index contributed by atoms with van der Waals surface area (Å²) in [7, 11) is 0.254. The number of unbranched alkanes of at least 4 members (excludes halogenated alkanes) is 2. The average Bonchev–Trinajstić information content (AvgIpc) is 3.51. The molecule has 0 aromatic heterocycles. The fraction of sp³-hybridized carbons (Fsp3) is 0.357. The summed E-state index contributed by atoms with van der Waals surface area (Å²) in [6.07, 6.45) is 3.03. The van der Waals surface area contributed by atoms with Gasteiger partial charge in [-0.3, -0.25) is 0 Å². The monoisotopic (exact) mass is 1270 g/mol. The Balaban J connectivity index is 0.000000256. The van der Waals surface area contributed by atoms with Crippen molar-refractivity contribution in [3.63, 3.8) is 0 Å². The molecule has 0 fully saturated rings. The molecule has 6 aromatic carbocycles. The summed E-state index contributed by atoms with van der Waals surface area (Å²) >= 11 is 38.1. The van der Waals surface area contributed by atoms with Crippen molar-refractivity contribution >= 4 is 109 Å². The molecule has 3 unspecified atom stereocenters. The summed E-state index contributed by atoms with van der Waals surface area (Å²) in [5, 5.41) is 3.60. The molecule has 13 nitrogen and oxygen atoms in total. The van der Waals surface area contributed by atoms with Crippen LogP contribution < -0.4 is 20.9 Å². The molecule has 6 aromatic rings.